The topological polar surface area (TPSA) is 0 Å². The van der Waals surface area contributed by atoms with Crippen LogP contribution in [0.5, 0.6) is 0 Å². The van der Waals surface area contributed by atoms with Crippen LogP contribution in [0.3, 0.4) is 0 Å². The van der Waals surface area contributed by atoms with E-state index in [9.17, 15) is 4.39 Å². The normalized spacial score (nSPS) is 10.0. The molecule has 0 fully saturated rings. The van der Waals surface area contributed by atoms with E-state index in [0.717, 1.165) is 30.4 Å². The second-order valence-corrected chi connectivity index (χ2v) is 4.32. The molecule has 0 amide bonds. The lowest BCUT2D eigenvalue weighted by Crippen LogP contribution is -1.91. The lowest BCUT2D eigenvalue weighted by molar-refractivity contribution is 0.624. The van der Waals surface area contributed by atoms with Gasteiger partial charge in [0.05, 0.1) is 0 Å². The molecule has 0 aliphatic heterocycles. The first-order chi connectivity index (χ1) is 8.78. The molecule has 0 aromatic heterocycles. The zero-order valence-electron chi connectivity index (χ0n) is 10.2. The minimum atomic E-state index is -0.161. The molecule has 0 spiro atoms. The van der Waals surface area contributed by atoms with Crippen LogP contribution in [0.4, 0.5) is 4.39 Å². The molecule has 18 heavy (non-hydrogen) atoms. The quantitative estimate of drug-likeness (QED) is 0.707. The monoisotopic (exact) mass is 238 g/mol. The molecule has 0 atom stereocenters. The van der Waals surface area contributed by atoms with Crippen LogP contribution in [0.25, 0.3) is 0 Å². The molecule has 2 rings (SSSR count). The third kappa shape index (κ3) is 3.46. The predicted octanol–water partition coefficient (Wildman–Crippen LogP) is 3.98. The third-order valence-electron chi connectivity index (χ3n) is 2.94. The van der Waals surface area contributed by atoms with Crippen molar-refractivity contribution in [3.63, 3.8) is 0 Å². The summed E-state index contributed by atoms with van der Waals surface area (Å²) >= 11 is 0. The summed E-state index contributed by atoms with van der Waals surface area (Å²) in [6.45, 7) is 0. The standard InChI is InChI=1S/C17H15F/c1-2-14-9-11-15(12-10-14)5-3-6-16-7-4-8-17(18)13-16/h1,4,7-13H,3,5-6H2. The summed E-state index contributed by atoms with van der Waals surface area (Å²) in [7, 11) is 0. The van der Waals surface area contributed by atoms with Crippen molar-refractivity contribution < 1.29 is 4.39 Å². The molecule has 0 radical (unpaired) electrons. The van der Waals surface area contributed by atoms with E-state index in [1.54, 1.807) is 12.1 Å². The molecule has 0 aliphatic rings. The first kappa shape index (κ1) is 12.4. The summed E-state index contributed by atoms with van der Waals surface area (Å²) in [4.78, 5) is 0. The molecule has 90 valence electrons. The lowest BCUT2D eigenvalue weighted by Gasteiger charge is -2.03. The zero-order valence-corrected chi connectivity index (χ0v) is 10.2. The van der Waals surface area contributed by atoms with Crippen molar-refractivity contribution in [3.8, 4) is 12.3 Å². The fourth-order valence-corrected chi connectivity index (χ4v) is 1.96. The van der Waals surface area contributed by atoms with Crippen LogP contribution in [0.2, 0.25) is 0 Å². The van der Waals surface area contributed by atoms with Gasteiger partial charge in [-0.05, 0) is 54.7 Å². The number of halogens is 1. The van der Waals surface area contributed by atoms with Gasteiger partial charge in [-0.25, -0.2) is 4.39 Å². The van der Waals surface area contributed by atoms with Gasteiger partial charge >= 0.3 is 0 Å². The summed E-state index contributed by atoms with van der Waals surface area (Å²) in [5, 5.41) is 0. The third-order valence-corrected chi connectivity index (χ3v) is 2.94. The van der Waals surface area contributed by atoms with E-state index in [-0.39, 0.29) is 5.82 Å². The Kier molecular flexibility index (Phi) is 4.15. The van der Waals surface area contributed by atoms with Gasteiger partial charge in [-0.3, -0.25) is 0 Å². The van der Waals surface area contributed by atoms with Gasteiger partial charge in [0, 0.05) is 5.56 Å². The van der Waals surface area contributed by atoms with Gasteiger partial charge in [0.1, 0.15) is 5.82 Å². The van der Waals surface area contributed by atoms with Gasteiger partial charge in [-0.2, -0.15) is 0 Å². The largest absolute Gasteiger partial charge is 0.207 e. The molecule has 0 N–H and O–H groups in total. The molecule has 0 unspecified atom stereocenters. The molecular weight excluding hydrogens is 223 g/mol. The fourth-order valence-electron chi connectivity index (χ4n) is 1.96. The Labute approximate surface area is 107 Å². The maximum Gasteiger partial charge on any atom is 0.123 e. The molecular formula is C17H15F. The van der Waals surface area contributed by atoms with E-state index in [4.69, 9.17) is 6.42 Å². The van der Waals surface area contributed by atoms with E-state index in [1.807, 2.05) is 18.2 Å². The minimum absolute atomic E-state index is 0.161. The highest BCUT2D eigenvalue weighted by Gasteiger charge is 1.97. The van der Waals surface area contributed by atoms with Gasteiger partial charge < -0.3 is 0 Å². The Morgan fingerprint density at radius 2 is 1.67 bits per heavy atom. The van der Waals surface area contributed by atoms with E-state index >= 15 is 0 Å². The molecule has 0 heterocycles. The number of terminal acetylenes is 1. The Hall–Kier alpha value is -2.07. The van der Waals surface area contributed by atoms with Crippen LogP contribution in [0, 0.1) is 18.2 Å². The maximum absolute atomic E-state index is 13.0. The van der Waals surface area contributed by atoms with Crippen molar-refractivity contribution in [3.05, 3.63) is 71.0 Å². The smallest absolute Gasteiger partial charge is 0.123 e. The van der Waals surface area contributed by atoms with Gasteiger partial charge in [0.25, 0.3) is 0 Å². The van der Waals surface area contributed by atoms with Crippen LogP contribution >= 0.6 is 0 Å². The molecule has 0 saturated carbocycles. The average Bonchev–Trinajstić information content (AvgIpc) is 2.40. The summed E-state index contributed by atoms with van der Waals surface area (Å²) < 4.78 is 13.0. The van der Waals surface area contributed by atoms with Gasteiger partial charge in [0.15, 0.2) is 0 Å². The van der Waals surface area contributed by atoms with Crippen LogP contribution in [0.1, 0.15) is 23.1 Å². The van der Waals surface area contributed by atoms with E-state index in [1.165, 1.54) is 11.6 Å². The Balaban J connectivity index is 1.86. The lowest BCUT2D eigenvalue weighted by atomic mass is 10.0. The average molecular weight is 238 g/mol. The SMILES string of the molecule is C#Cc1ccc(CCCc2cccc(F)c2)cc1. The Morgan fingerprint density at radius 1 is 0.944 bits per heavy atom. The van der Waals surface area contributed by atoms with Crippen molar-refractivity contribution in [1.82, 2.24) is 0 Å². The van der Waals surface area contributed by atoms with E-state index < -0.39 is 0 Å². The predicted molar refractivity (Wildman–Crippen MR) is 72.8 cm³/mol. The van der Waals surface area contributed by atoms with Crippen LogP contribution in [-0.4, -0.2) is 0 Å². The van der Waals surface area contributed by atoms with Crippen molar-refractivity contribution >= 4 is 0 Å². The van der Waals surface area contributed by atoms with Crippen molar-refractivity contribution in [2.24, 2.45) is 0 Å². The fraction of sp³-hybridized carbons (Fsp3) is 0.176. The second kappa shape index (κ2) is 6.02. The van der Waals surface area contributed by atoms with Crippen LogP contribution in [-0.2, 0) is 12.8 Å². The maximum atomic E-state index is 13.0. The Bertz CT molecular complexity index is 547. The summed E-state index contributed by atoms with van der Waals surface area (Å²) in [5.74, 6) is 2.44. The highest BCUT2D eigenvalue weighted by Crippen LogP contribution is 2.10. The van der Waals surface area contributed by atoms with Gasteiger partial charge in [-0.15, -0.1) is 6.42 Å². The summed E-state index contributed by atoms with van der Waals surface area (Å²) in [5.41, 5.74) is 3.23. The van der Waals surface area contributed by atoms with Crippen molar-refractivity contribution in [1.29, 1.82) is 0 Å². The molecule has 2 aromatic rings. The first-order valence-electron chi connectivity index (χ1n) is 6.08. The minimum Gasteiger partial charge on any atom is -0.207 e. The number of hydrogen-bond acceptors (Lipinski definition) is 0. The Morgan fingerprint density at radius 3 is 2.33 bits per heavy atom. The highest BCUT2D eigenvalue weighted by molar-refractivity contribution is 5.34. The molecule has 0 saturated heterocycles. The van der Waals surface area contributed by atoms with Crippen LogP contribution in [0.15, 0.2) is 48.5 Å². The van der Waals surface area contributed by atoms with E-state index in [2.05, 4.69) is 18.1 Å². The summed E-state index contributed by atoms with van der Waals surface area (Å²) in [6, 6.07) is 14.8. The van der Waals surface area contributed by atoms with Crippen LogP contribution < -0.4 is 0 Å². The number of aryl methyl sites for hydroxylation is 2. The highest BCUT2D eigenvalue weighted by atomic mass is 19.1. The van der Waals surface area contributed by atoms with Gasteiger partial charge in [-0.1, -0.05) is 30.2 Å². The molecule has 1 heteroatoms. The molecule has 0 bridgehead atoms. The molecule has 2 aromatic carbocycles. The number of benzene rings is 2. The number of hydrogen-bond donors (Lipinski definition) is 0. The zero-order chi connectivity index (χ0) is 12.8. The second-order valence-electron chi connectivity index (χ2n) is 4.32. The number of rotatable bonds is 4. The van der Waals surface area contributed by atoms with Gasteiger partial charge in [0.2, 0.25) is 0 Å². The molecule has 0 nitrogen and oxygen atoms in total. The van der Waals surface area contributed by atoms with Crippen molar-refractivity contribution in [2.45, 2.75) is 19.3 Å². The van der Waals surface area contributed by atoms with E-state index in [0.29, 0.717) is 0 Å². The van der Waals surface area contributed by atoms with Crippen molar-refractivity contribution in [2.75, 3.05) is 0 Å². The molecule has 0 aliphatic carbocycles. The summed E-state index contributed by atoms with van der Waals surface area (Å²) in [6.07, 6.45) is 8.20. The first-order valence-corrected chi connectivity index (χ1v) is 6.08.